The van der Waals surface area contributed by atoms with Gasteiger partial charge in [0.1, 0.15) is 6.54 Å². The summed E-state index contributed by atoms with van der Waals surface area (Å²) >= 11 is 0. The largest absolute Gasteiger partial charge is 0.465 e. The highest BCUT2D eigenvalue weighted by atomic mass is 16.5. The van der Waals surface area contributed by atoms with Gasteiger partial charge in [0.15, 0.2) is 5.82 Å². The fourth-order valence-electron chi connectivity index (χ4n) is 7.57. The lowest BCUT2D eigenvalue weighted by Crippen LogP contribution is -2.45. The Kier molecular flexibility index (Phi) is 12.1. The van der Waals surface area contributed by atoms with Gasteiger partial charge in [0, 0.05) is 30.7 Å². The zero-order chi connectivity index (χ0) is 31.6. The van der Waals surface area contributed by atoms with Crippen LogP contribution < -0.4 is 10.5 Å². The lowest BCUT2D eigenvalue weighted by atomic mass is 9.94. The number of ether oxygens (including phenoxy) is 2. The van der Waals surface area contributed by atoms with E-state index in [1.54, 1.807) is 11.8 Å². The molecule has 8 nitrogen and oxygen atoms in total. The van der Waals surface area contributed by atoms with E-state index in [9.17, 15) is 9.59 Å². The molecule has 3 aromatic rings. The summed E-state index contributed by atoms with van der Waals surface area (Å²) < 4.78 is 13.2. The molecule has 1 aliphatic heterocycles. The Morgan fingerprint density at radius 1 is 0.978 bits per heavy atom. The zero-order valence-electron chi connectivity index (χ0n) is 27.5. The second kappa shape index (κ2) is 16.4. The van der Waals surface area contributed by atoms with E-state index in [0.717, 1.165) is 23.0 Å². The van der Waals surface area contributed by atoms with Gasteiger partial charge in [-0.25, -0.2) is 4.98 Å². The van der Waals surface area contributed by atoms with E-state index in [0.29, 0.717) is 37.9 Å². The van der Waals surface area contributed by atoms with Crippen LogP contribution >= 0.6 is 0 Å². The zero-order valence-corrected chi connectivity index (χ0v) is 27.5. The van der Waals surface area contributed by atoms with Gasteiger partial charge in [-0.2, -0.15) is 0 Å². The Balaban J connectivity index is 1.41. The summed E-state index contributed by atoms with van der Waals surface area (Å²) in [6.45, 7) is 7.71. The van der Waals surface area contributed by atoms with Crippen molar-refractivity contribution in [2.75, 3.05) is 31.2 Å². The van der Waals surface area contributed by atoms with Crippen molar-refractivity contribution in [1.82, 2.24) is 14.5 Å². The number of para-hydroxylation sites is 2. The van der Waals surface area contributed by atoms with E-state index in [-0.39, 0.29) is 36.5 Å². The molecule has 2 heterocycles. The van der Waals surface area contributed by atoms with Gasteiger partial charge in [-0.3, -0.25) is 14.5 Å². The quantitative estimate of drug-likeness (QED) is 0.153. The third-order valence-corrected chi connectivity index (χ3v) is 9.72. The van der Waals surface area contributed by atoms with Gasteiger partial charge in [0.05, 0.1) is 30.9 Å². The minimum absolute atomic E-state index is 0.0331. The molecule has 244 valence electrons. The highest BCUT2D eigenvalue weighted by Gasteiger charge is 2.37. The van der Waals surface area contributed by atoms with Gasteiger partial charge in [0.25, 0.3) is 5.56 Å². The Bertz CT molecular complexity index is 1420. The molecule has 0 bridgehead atoms. The topological polar surface area (TPSA) is 76.9 Å². The number of fused-ring (bicyclic) bond motifs is 1. The number of likely N-dealkylation sites (tertiary alicyclic amines) is 1. The summed E-state index contributed by atoms with van der Waals surface area (Å²) in [5.74, 6) is -0.113. The van der Waals surface area contributed by atoms with Crippen molar-refractivity contribution in [1.29, 1.82) is 0 Å². The normalized spacial score (nSPS) is 20.5. The summed E-state index contributed by atoms with van der Waals surface area (Å²) in [6, 6.07) is 19.5. The maximum absolute atomic E-state index is 14.4. The fraction of sp³-hybridized carbons (Fsp3) is 0.595. The minimum atomic E-state index is -0.385. The number of carbonyl (C=O) groups excluding carboxylic acids is 1. The Morgan fingerprint density at radius 3 is 2.44 bits per heavy atom. The molecule has 2 aromatic carbocycles. The van der Waals surface area contributed by atoms with Crippen molar-refractivity contribution in [2.45, 2.75) is 116 Å². The molecule has 2 fully saturated rings. The van der Waals surface area contributed by atoms with Gasteiger partial charge in [-0.1, -0.05) is 74.6 Å². The van der Waals surface area contributed by atoms with Crippen molar-refractivity contribution in [3.8, 4) is 0 Å². The molecule has 0 amide bonds. The summed E-state index contributed by atoms with van der Waals surface area (Å²) in [6.07, 6.45) is 12.6. The minimum Gasteiger partial charge on any atom is -0.465 e. The number of anilines is 1. The first kappa shape index (κ1) is 33.1. The first-order valence-corrected chi connectivity index (χ1v) is 17.3. The highest BCUT2D eigenvalue weighted by Crippen LogP contribution is 2.36. The molecule has 8 heteroatoms. The maximum atomic E-state index is 14.4. The predicted octanol–water partition coefficient (Wildman–Crippen LogP) is 6.90. The van der Waals surface area contributed by atoms with Crippen LogP contribution in [0.15, 0.2) is 59.4 Å². The van der Waals surface area contributed by atoms with Crippen LogP contribution in [0, 0.1) is 0 Å². The van der Waals surface area contributed by atoms with Gasteiger partial charge in [-0.05, 0) is 70.6 Å². The number of nitrogens with zero attached hydrogens (tertiary/aromatic N) is 4. The van der Waals surface area contributed by atoms with Crippen molar-refractivity contribution < 1.29 is 14.3 Å². The number of esters is 1. The summed E-state index contributed by atoms with van der Waals surface area (Å²) in [5, 5.41) is 0. The second-order valence-corrected chi connectivity index (χ2v) is 13.0. The number of hydrogen-bond acceptors (Lipinski definition) is 7. The standard InChI is InChI=1S/C37H52N4O4/c1-4-45-35(42)26-39(23-24-44-27-30-15-9-8-10-16-30)36-37(43)41(34-20-14-13-19-33(34)38-36)29(3)25-32-22-21-28(2)40(32)31-17-11-6-5-7-12-18-31/h8-10,13-16,19-20,28-29,31-32H,4-7,11-12,17-18,21-27H2,1-3H3/t28-,29-,32-/m0/s1. The monoisotopic (exact) mass is 616 g/mol. The Hall–Kier alpha value is -3.23. The van der Waals surface area contributed by atoms with Crippen molar-refractivity contribution in [2.24, 2.45) is 0 Å². The lowest BCUT2D eigenvalue weighted by molar-refractivity contribution is -0.141. The van der Waals surface area contributed by atoms with Crippen molar-refractivity contribution in [3.05, 3.63) is 70.5 Å². The molecule has 2 aliphatic rings. The van der Waals surface area contributed by atoms with E-state index in [2.05, 4.69) is 18.7 Å². The van der Waals surface area contributed by atoms with E-state index >= 15 is 0 Å². The van der Waals surface area contributed by atoms with E-state index in [4.69, 9.17) is 14.5 Å². The smallest absolute Gasteiger partial charge is 0.325 e. The van der Waals surface area contributed by atoms with Gasteiger partial charge in [0.2, 0.25) is 0 Å². The molecule has 1 aliphatic carbocycles. The van der Waals surface area contributed by atoms with Crippen LogP contribution in [0.2, 0.25) is 0 Å². The summed E-state index contributed by atoms with van der Waals surface area (Å²) in [4.78, 5) is 36.5. The molecule has 1 aromatic heterocycles. The van der Waals surface area contributed by atoms with Crippen LogP contribution in [0.25, 0.3) is 11.0 Å². The maximum Gasteiger partial charge on any atom is 0.325 e. The SMILES string of the molecule is CCOC(=O)CN(CCOCc1ccccc1)c1nc2ccccc2n([C@@H](C)C[C@@H]2CC[C@H](C)N2C2CCCCCCC2)c1=O. The summed E-state index contributed by atoms with van der Waals surface area (Å²) in [7, 11) is 0. The molecule has 1 saturated heterocycles. The van der Waals surface area contributed by atoms with E-state index in [1.165, 1.54) is 57.8 Å². The number of aromatic nitrogens is 2. The number of hydrogen-bond donors (Lipinski definition) is 0. The Morgan fingerprint density at radius 2 is 1.69 bits per heavy atom. The highest BCUT2D eigenvalue weighted by molar-refractivity contribution is 5.79. The van der Waals surface area contributed by atoms with Crippen LogP contribution in [-0.4, -0.2) is 64.8 Å². The van der Waals surface area contributed by atoms with Gasteiger partial charge >= 0.3 is 5.97 Å². The van der Waals surface area contributed by atoms with Crippen LogP contribution in [0.3, 0.4) is 0 Å². The van der Waals surface area contributed by atoms with Crippen molar-refractivity contribution in [3.63, 3.8) is 0 Å². The molecule has 1 saturated carbocycles. The van der Waals surface area contributed by atoms with Crippen LogP contribution in [0.1, 0.15) is 96.6 Å². The van der Waals surface area contributed by atoms with Crippen LogP contribution in [-0.2, 0) is 20.9 Å². The predicted molar refractivity (Wildman–Crippen MR) is 181 cm³/mol. The van der Waals surface area contributed by atoms with Crippen molar-refractivity contribution >= 4 is 22.8 Å². The molecular weight excluding hydrogens is 564 g/mol. The number of carbonyl (C=O) groups is 1. The molecule has 3 atom stereocenters. The Labute approximate surface area is 268 Å². The average molecular weight is 617 g/mol. The fourth-order valence-corrected chi connectivity index (χ4v) is 7.57. The third kappa shape index (κ3) is 8.53. The number of rotatable bonds is 13. The first-order valence-electron chi connectivity index (χ1n) is 17.3. The molecule has 0 N–H and O–H groups in total. The molecule has 0 spiro atoms. The molecule has 45 heavy (non-hydrogen) atoms. The summed E-state index contributed by atoms with van der Waals surface area (Å²) in [5.41, 5.74) is 2.48. The third-order valence-electron chi connectivity index (χ3n) is 9.72. The van der Waals surface area contributed by atoms with Gasteiger partial charge < -0.3 is 18.9 Å². The average Bonchev–Trinajstić information content (AvgIpc) is 3.38. The van der Waals surface area contributed by atoms with E-state index in [1.807, 2.05) is 59.2 Å². The van der Waals surface area contributed by atoms with Crippen LogP contribution in [0.5, 0.6) is 0 Å². The molecular formula is C37H52N4O4. The van der Waals surface area contributed by atoms with E-state index < -0.39 is 0 Å². The molecule has 0 radical (unpaired) electrons. The van der Waals surface area contributed by atoms with Gasteiger partial charge in [-0.15, -0.1) is 0 Å². The van der Waals surface area contributed by atoms with Crippen LogP contribution in [0.4, 0.5) is 5.82 Å². The first-order chi connectivity index (χ1) is 22.0. The molecule has 5 rings (SSSR count). The second-order valence-electron chi connectivity index (χ2n) is 13.0. The lowest BCUT2D eigenvalue weighted by Gasteiger charge is -2.38. The molecule has 0 unspecified atom stereocenters. The number of benzene rings is 2.